The van der Waals surface area contributed by atoms with Crippen molar-refractivity contribution in [3.8, 4) is 0 Å². The molecule has 1 fully saturated rings. The number of aromatic nitrogens is 2. The van der Waals surface area contributed by atoms with Crippen LogP contribution in [0.2, 0.25) is 0 Å². The van der Waals surface area contributed by atoms with E-state index in [4.69, 9.17) is 0 Å². The van der Waals surface area contributed by atoms with Crippen LogP contribution in [-0.4, -0.2) is 46.0 Å². The molecule has 6 nitrogen and oxygen atoms in total. The summed E-state index contributed by atoms with van der Waals surface area (Å²) in [7, 11) is 0. The van der Waals surface area contributed by atoms with Gasteiger partial charge in [0.1, 0.15) is 0 Å². The fourth-order valence-corrected chi connectivity index (χ4v) is 3.98. The molecule has 28 heavy (non-hydrogen) atoms. The van der Waals surface area contributed by atoms with Crippen LogP contribution in [0.25, 0.3) is 0 Å². The van der Waals surface area contributed by atoms with Crippen LogP contribution in [0.3, 0.4) is 0 Å². The molecule has 0 bridgehead atoms. The first-order valence-electron chi connectivity index (χ1n) is 10.1. The van der Waals surface area contributed by atoms with Crippen molar-refractivity contribution in [1.29, 1.82) is 0 Å². The van der Waals surface area contributed by atoms with E-state index in [0.717, 1.165) is 41.8 Å². The van der Waals surface area contributed by atoms with E-state index in [9.17, 15) is 9.59 Å². The lowest BCUT2D eigenvalue weighted by Crippen LogP contribution is -2.48. The summed E-state index contributed by atoms with van der Waals surface area (Å²) >= 11 is 0. The second-order valence-electron chi connectivity index (χ2n) is 7.63. The van der Waals surface area contributed by atoms with E-state index in [-0.39, 0.29) is 23.8 Å². The topological polar surface area (TPSA) is 78.1 Å². The van der Waals surface area contributed by atoms with E-state index in [1.54, 1.807) is 0 Å². The lowest BCUT2D eigenvalue weighted by atomic mass is 9.93. The van der Waals surface area contributed by atoms with Crippen LogP contribution in [0, 0.1) is 13.8 Å². The quantitative estimate of drug-likeness (QED) is 0.806. The highest BCUT2D eigenvalue weighted by atomic mass is 16.2. The predicted molar refractivity (Wildman–Crippen MR) is 109 cm³/mol. The number of amides is 2. The molecule has 2 amide bonds. The molecule has 150 valence electrons. The molecule has 1 unspecified atom stereocenters. The van der Waals surface area contributed by atoms with Gasteiger partial charge in [0.2, 0.25) is 11.8 Å². The van der Waals surface area contributed by atoms with Gasteiger partial charge in [0, 0.05) is 30.4 Å². The fraction of sp³-hybridized carbons (Fsp3) is 0.500. The summed E-state index contributed by atoms with van der Waals surface area (Å²) in [4.78, 5) is 27.3. The number of hydrogen-bond acceptors (Lipinski definition) is 3. The molecule has 1 aliphatic rings. The molecule has 3 rings (SSSR count). The van der Waals surface area contributed by atoms with Crippen molar-refractivity contribution < 1.29 is 9.59 Å². The zero-order valence-corrected chi connectivity index (χ0v) is 17.0. The Morgan fingerprint density at radius 2 is 1.89 bits per heavy atom. The maximum Gasteiger partial charge on any atom is 0.230 e. The van der Waals surface area contributed by atoms with E-state index >= 15 is 0 Å². The number of piperidine rings is 1. The molecule has 2 N–H and O–H groups in total. The number of aryl methyl sites for hydroxylation is 2. The normalized spacial score (nSPS) is 16.0. The molecule has 1 saturated heterocycles. The molecule has 1 aliphatic heterocycles. The third kappa shape index (κ3) is 4.61. The Morgan fingerprint density at radius 1 is 1.21 bits per heavy atom. The first-order chi connectivity index (χ1) is 13.5. The maximum absolute atomic E-state index is 13.0. The Morgan fingerprint density at radius 3 is 2.46 bits per heavy atom. The smallest absolute Gasteiger partial charge is 0.230 e. The highest BCUT2D eigenvalue weighted by Gasteiger charge is 2.28. The highest BCUT2D eigenvalue weighted by Crippen LogP contribution is 2.24. The van der Waals surface area contributed by atoms with Crippen LogP contribution < -0.4 is 5.32 Å². The summed E-state index contributed by atoms with van der Waals surface area (Å²) in [5.41, 5.74) is 3.87. The van der Waals surface area contributed by atoms with Crippen molar-refractivity contribution in [1.82, 2.24) is 20.4 Å². The van der Waals surface area contributed by atoms with E-state index in [0.29, 0.717) is 19.5 Å². The van der Waals surface area contributed by atoms with Crippen molar-refractivity contribution in [2.45, 2.75) is 58.4 Å². The van der Waals surface area contributed by atoms with Gasteiger partial charge in [0.05, 0.1) is 18.0 Å². The fourth-order valence-electron chi connectivity index (χ4n) is 3.98. The third-order valence-corrected chi connectivity index (χ3v) is 5.70. The number of aromatic amines is 1. The molecule has 0 aliphatic carbocycles. The zero-order valence-electron chi connectivity index (χ0n) is 17.0. The van der Waals surface area contributed by atoms with Crippen molar-refractivity contribution >= 4 is 11.8 Å². The average molecular weight is 383 g/mol. The van der Waals surface area contributed by atoms with Gasteiger partial charge >= 0.3 is 0 Å². The summed E-state index contributed by atoms with van der Waals surface area (Å²) in [5.74, 6) is 0.135. The molecule has 0 spiro atoms. The molecular weight excluding hydrogens is 352 g/mol. The largest absolute Gasteiger partial charge is 0.353 e. The van der Waals surface area contributed by atoms with Crippen molar-refractivity contribution in [2.75, 3.05) is 13.1 Å². The second kappa shape index (κ2) is 9.04. The number of likely N-dealkylation sites (tertiary alicyclic amines) is 1. The number of nitrogens with zero attached hydrogens (tertiary/aromatic N) is 2. The van der Waals surface area contributed by atoms with E-state index in [1.165, 1.54) is 0 Å². The summed E-state index contributed by atoms with van der Waals surface area (Å²) in [6.07, 6.45) is 2.74. The van der Waals surface area contributed by atoms with Gasteiger partial charge in [0.25, 0.3) is 0 Å². The van der Waals surface area contributed by atoms with Gasteiger partial charge < -0.3 is 10.2 Å². The predicted octanol–water partition coefficient (Wildman–Crippen LogP) is 2.87. The third-order valence-electron chi connectivity index (χ3n) is 5.70. The van der Waals surface area contributed by atoms with Crippen molar-refractivity contribution in [3.63, 3.8) is 0 Å². The summed E-state index contributed by atoms with van der Waals surface area (Å²) in [6.45, 7) is 7.28. The molecular formula is C22H30N4O2. The van der Waals surface area contributed by atoms with Crippen molar-refractivity contribution in [3.05, 3.63) is 52.8 Å². The minimum Gasteiger partial charge on any atom is -0.353 e. The number of nitrogens with one attached hydrogen (secondary N) is 2. The summed E-state index contributed by atoms with van der Waals surface area (Å²) < 4.78 is 0. The lowest BCUT2D eigenvalue weighted by molar-refractivity contribution is -0.134. The molecule has 0 saturated carbocycles. The Labute approximate surface area is 166 Å². The number of carbonyl (C=O) groups is 2. The van der Waals surface area contributed by atoms with Gasteiger partial charge in [-0.25, -0.2) is 0 Å². The van der Waals surface area contributed by atoms with Gasteiger partial charge in [-0.1, -0.05) is 37.3 Å². The molecule has 1 aromatic carbocycles. The van der Waals surface area contributed by atoms with E-state index < -0.39 is 0 Å². The molecule has 6 heteroatoms. The van der Waals surface area contributed by atoms with Crippen LogP contribution in [0.4, 0.5) is 0 Å². The average Bonchev–Trinajstić information content (AvgIpc) is 3.02. The number of carbonyl (C=O) groups excluding carboxylic acids is 2. The van der Waals surface area contributed by atoms with Gasteiger partial charge in [-0.15, -0.1) is 0 Å². The molecule has 2 aromatic rings. The number of rotatable bonds is 6. The minimum atomic E-state index is -0.0839. The lowest BCUT2D eigenvalue weighted by Gasteiger charge is -2.34. The number of hydrogen-bond donors (Lipinski definition) is 2. The van der Waals surface area contributed by atoms with Gasteiger partial charge in [0.15, 0.2) is 0 Å². The minimum absolute atomic E-state index is 0.0214. The molecule has 0 radical (unpaired) electrons. The maximum atomic E-state index is 13.0. The Kier molecular flexibility index (Phi) is 6.49. The highest BCUT2D eigenvalue weighted by molar-refractivity contribution is 5.84. The van der Waals surface area contributed by atoms with Gasteiger partial charge in [-0.3, -0.25) is 14.7 Å². The first kappa shape index (κ1) is 20.1. The Balaban J connectivity index is 1.51. The standard InChI is InChI=1S/C22H30N4O2/c1-4-19(17-8-6-5-7-9-17)22(28)26-12-10-18(11-13-26)23-21(27)14-20-15(2)24-25-16(20)3/h5-9,18-19H,4,10-14H2,1-3H3,(H,23,27)(H,24,25). The number of benzene rings is 1. The summed E-state index contributed by atoms with van der Waals surface area (Å²) in [5, 5.41) is 10.2. The Hall–Kier alpha value is -2.63. The SMILES string of the molecule is CCC(C(=O)N1CCC(NC(=O)Cc2c(C)n[nH]c2C)CC1)c1ccccc1. The molecule has 2 heterocycles. The van der Waals surface area contributed by atoms with Crippen LogP contribution in [0.1, 0.15) is 54.6 Å². The van der Waals surface area contributed by atoms with Crippen molar-refractivity contribution in [2.24, 2.45) is 0 Å². The van der Waals surface area contributed by atoms with Crippen LogP contribution in [-0.2, 0) is 16.0 Å². The first-order valence-corrected chi connectivity index (χ1v) is 10.1. The van der Waals surface area contributed by atoms with Gasteiger partial charge in [-0.05, 0) is 38.7 Å². The zero-order chi connectivity index (χ0) is 20.1. The van der Waals surface area contributed by atoms with Crippen LogP contribution in [0.15, 0.2) is 30.3 Å². The molecule has 1 atom stereocenters. The second-order valence-corrected chi connectivity index (χ2v) is 7.63. The van der Waals surface area contributed by atoms with E-state index in [1.807, 2.05) is 49.1 Å². The molecule has 1 aromatic heterocycles. The van der Waals surface area contributed by atoms with Gasteiger partial charge in [-0.2, -0.15) is 5.10 Å². The van der Waals surface area contributed by atoms with Crippen LogP contribution in [0.5, 0.6) is 0 Å². The monoisotopic (exact) mass is 382 g/mol. The summed E-state index contributed by atoms with van der Waals surface area (Å²) in [6, 6.07) is 10.1. The van der Waals surface area contributed by atoms with Crippen LogP contribution >= 0.6 is 0 Å². The Bertz CT molecular complexity index is 788. The van der Waals surface area contributed by atoms with E-state index in [2.05, 4.69) is 22.4 Å². The number of H-pyrrole nitrogens is 1.